The van der Waals surface area contributed by atoms with Crippen molar-refractivity contribution in [3.8, 4) is 0 Å². The molecule has 0 bridgehead atoms. The van der Waals surface area contributed by atoms with E-state index >= 15 is 0 Å². The predicted molar refractivity (Wildman–Crippen MR) is 117 cm³/mol. The van der Waals surface area contributed by atoms with E-state index in [1.807, 2.05) is 42.5 Å². The molecule has 0 unspecified atom stereocenters. The van der Waals surface area contributed by atoms with E-state index in [2.05, 4.69) is 22.2 Å². The standard InChI is InChI=1S/C22H19ClN4OS/c1-2-3-9-25-21(28)15-7-8-19-18(11-15)27-20(14-5-4-6-16(23)10-14)17-12-24-13-26-22(17)29-19/h4-8,10-13H,2-3,9H2,1H3,(H,25,28). The number of hydrogen-bond acceptors (Lipinski definition) is 5. The Balaban J connectivity index is 1.79. The smallest absolute Gasteiger partial charge is 0.251 e. The predicted octanol–water partition coefficient (Wildman–Crippen LogP) is 5.29. The van der Waals surface area contributed by atoms with Gasteiger partial charge in [0.05, 0.1) is 17.0 Å². The lowest BCUT2D eigenvalue weighted by molar-refractivity contribution is 0.0953. The van der Waals surface area contributed by atoms with Crippen LogP contribution in [0.1, 0.15) is 41.3 Å². The fourth-order valence-corrected chi connectivity index (χ4v) is 4.12. The van der Waals surface area contributed by atoms with Crippen LogP contribution in [0.4, 0.5) is 5.69 Å². The lowest BCUT2D eigenvalue weighted by atomic mass is 10.0. The highest BCUT2D eigenvalue weighted by Gasteiger charge is 2.21. The molecule has 2 aromatic carbocycles. The lowest BCUT2D eigenvalue weighted by Gasteiger charge is -2.08. The molecule has 1 amide bonds. The number of rotatable bonds is 5. The Hall–Kier alpha value is -2.70. The second-order valence-corrected chi connectivity index (χ2v) is 8.07. The fourth-order valence-electron chi connectivity index (χ4n) is 3.02. The number of aliphatic imine (C=N–C) groups is 1. The molecule has 0 aliphatic carbocycles. The van der Waals surface area contributed by atoms with Crippen LogP contribution in [0.3, 0.4) is 0 Å². The van der Waals surface area contributed by atoms with Crippen molar-refractivity contribution in [3.63, 3.8) is 0 Å². The van der Waals surface area contributed by atoms with E-state index < -0.39 is 0 Å². The third-order valence-electron chi connectivity index (χ3n) is 4.50. The zero-order chi connectivity index (χ0) is 20.2. The average Bonchev–Trinajstić information content (AvgIpc) is 2.90. The number of carbonyl (C=O) groups is 1. The van der Waals surface area contributed by atoms with Gasteiger partial charge in [-0.25, -0.2) is 15.0 Å². The summed E-state index contributed by atoms with van der Waals surface area (Å²) in [6, 6.07) is 13.1. The number of fused-ring (bicyclic) bond motifs is 2. The average molecular weight is 423 g/mol. The molecule has 29 heavy (non-hydrogen) atoms. The van der Waals surface area contributed by atoms with E-state index in [1.165, 1.54) is 18.1 Å². The number of nitrogens with one attached hydrogen (secondary N) is 1. The highest BCUT2D eigenvalue weighted by atomic mass is 35.5. The number of carbonyl (C=O) groups excluding carboxylic acids is 1. The maximum absolute atomic E-state index is 12.5. The van der Waals surface area contributed by atoms with Crippen molar-refractivity contribution in [1.29, 1.82) is 0 Å². The third-order valence-corrected chi connectivity index (χ3v) is 5.82. The van der Waals surface area contributed by atoms with Crippen molar-refractivity contribution in [1.82, 2.24) is 15.3 Å². The van der Waals surface area contributed by atoms with E-state index in [9.17, 15) is 4.79 Å². The van der Waals surface area contributed by atoms with Crippen LogP contribution < -0.4 is 5.32 Å². The molecule has 0 saturated heterocycles. The maximum Gasteiger partial charge on any atom is 0.251 e. The number of aromatic nitrogens is 2. The molecule has 0 atom stereocenters. The van der Waals surface area contributed by atoms with Crippen molar-refractivity contribution in [2.45, 2.75) is 29.7 Å². The minimum atomic E-state index is -0.0905. The van der Waals surface area contributed by atoms with E-state index in [0.29, 0.717) is 17.1 Å². The van der Waals surface area contributed by atoms with Crippen LogP contribution in [0.2, 0.25) is 5.02 Å². The van der Waals surface area contributed by atoms with Gasteiger partial charge in [0.2, 0.25) is 0 Å². The second-order valence-electron chi connectivity index (χ2n) is 6.61. The Morgan fingerprint density at radius 3 is 2.93 bits per heavy atom. The monoisotopic (exact) mass is 422 g/mol. The second kappa shape index (κ2) is 8.76. The van der Waals surface area contributed by atoms with Crippen LogP contribution in [-0.2, 0) is 0 Å². The van der Waals surface area contributed by atoms with Gasteiger partial charge in [-0.1, -0.05) is 48.8 Å². The number of hydrogen-bond donors (Lipinski definition) is 1. The molecule has 0 fully saturated rings. The number of nitrogens with zero attached hydrogens (tertiary/aromatic N) is 3. The van der Waals surface area contributed by atoms with Crippen LogP contribution in [0.25, 0.3) is 0 Å². The maximum atomic E-state index is 12.5. The molecule has 146 valence electrons. The first-order valence-corrected chi connectivity index (χ1v) is 10.6. The SMILES string of the molecule is CCCCNC(=O)c1ccc2c(c1)N=C(c1cccc(Cl)c1)c1cncnc1S2. The molecule has 1 N–H and O–H groups in total. The molecule has 1 aromatic heterocycles. The molecule has 0 saturated carbocycles. The number of benzene rings is 2. The van der Waals surface area contributed by atoms with Gasteiger partial charge in [0.15, 0.2) is 0 Å². The van der Waals surface area contributed by atoms with Crippen LogP contribution in [0, 0.1) is 0 Å². The quantitative estimate of drug-likeness (QED) is 0.350. The zero-order valence-corrected chi connectivity index (χ0v) is 17.4. The molecule has 5 nitrogen and oxygen atoms in total. The summed E-state index contributed by atoms with van der Waals surface area (Å²) in [5.74, 6) is -0.0905. The summed E-state index contributed by atoms with van der Waals surface area (Å²) >= 11 is 7.73. The van der Waals surface area contributed by atoms with Crippen molar-refractivity contribution in [2.75, 3.05) is 6.54 Å². The molecule has 1 aliphatic rings. The molecule has 4 rings (SSSR count). The topological polar surface area (TPSA) is 67.2 Å². The lowest BCUT2D eigenvalue weighted by Crippen LogP contribution is -2.24. The van der Waals surface area contributed by atoms with E-state index in [4.69, 9.17) is 16.6 Å². The van der Waals surface area contributed by atoms with Crippen LogP contribution in [0.5, 0.6) is 0 Å². The first-order chi connectivity index (χ1) is 14.2. The van der Waals surface area contributed by atoms with Gasteiger partial charge in [-0.15, -0.1) is 0 Å². The molecule has 3 aromatic rings. The van der Waals surface area contributed by atoms with Gasteiger partial charge in [-0.2, -0.15) is 0 Å². The van der Waals surface area contributed by atoms with Crippen molar-refractivity contribution in [2.24, 2.45) is 4.99 Å². The van der Waals surface area contributed by atoms with Crippen molar-refractivity contribution >= 4 is 40.7 Å². The molecular formula is C22H19ClN4OS. The fraction of sp³-hybridized carbons (Fsp3) is 0.182. The number of unbranched alkanes of at least 4 members (excludes halogenated alkanes) is 1. The highest BCUT2D eigenvalue weighted by molar-refractivity contribution is 7.99. The summed E-state index contributed by atoms with van der Waals surface area (Å²) in [7, 11) is 0. The largest absolute Gasteiger partial charge is 0.352 e. The van der Waals surface area contributed by atoms with Gasteiger partial charge in [-0.3, -0.25) is 4.79 Å². The first kappa shape index (κ1) is 19.6. The molecule has 0 radical (unpaired) electrons. The van der Waals surface area contributed by atoms with Gasteiger partial charge in [0.1, 0.15) is 11.4 Å². The summed E-state index contributed by atoms with van der Waals surface area (Å²) in [5.41, 5.74) is 3.76. The van der Waals surface area contributed by atoms with Crippen LogP contribution in [-0.4, -0.2) is 28.1 Å². The van der Waals surface area contributed by atoms with Crippen molar-refractivity contribution < 1.29 is 4.79 Å². The van der Waals surface area contributed by atoms with E-state index in [-0.39, 0.29) is 5.91 Å². The summed E-state index contributed by atoms with van der Waals surface area (Å²) < 4.78 is 0. The Kier molecular flexibility index (Phi) is 5.92. The van der Waals surface area contributed by atoms with Gasteiger partial charge in [-0.05, 0) is 36.8 Å². The summed E-state index contributed by atoms with van der Waals surface area (Å²) in [5, 5.41) is 4.40. The third kappa shape index (κ3) is 4.33. The normalized spacial score (nSPS) is 12.4. The van der Waals surface area contributed by atoms with E-state index in [0.717, 1.165) is 45.3 Å². The highest BCUT2D eigenvalue weighted by Crippen LogP contribution is 2.40. The summed E-state index contributed by atoms with van der Waals surface area (Å²) in [6.07, 6.45) is 5.28. The molecule has 0 spiro atoms. The minimum Gasteiger partial charge on any atom is -0.352 e. The van der Waals surface area contributed by atoms with Crippen molar-refractivity contribution in [3.05, 3.63) is 76.7 Å². The molecular weight excluding hydrogens is 404 g/mol. The van der Waals surface area contributed by atoms with Gasteiger partial charge >= 0.3 is 0 Å². The van der Waals surface area contributed by atoms with Crippen LogP contribution in [0.15, 0.2) is 69.9 Å². The Morgan fingerprint density at radius 2 is 2.10 bits per heavy atom. The Morgan fingerprint density at radius 1 is 1.21 bits per heavy atom. The number of amides is 1. The Bertz CT molecular complexity index is 1100. The van der Waals surface area contributed by atoms with Gasteiger partial charge in [0, 0.05) is 33.8 Å². The Labute approximate surface area is 178 Å². The molecule has 2 heterocycles. The van der Waals surface area contributed by atoms with E-state index in [1.54, 1.807) is 6.20 Å². The summed E-state index contributed by atoms with van der Waals surface area (Å²) in [6.45, 7) is 2.76. The minimum absolute atomic E-state index is 0.0905. The van der Waals surface area contributed by atoms with Gasteiger partial charge < -0.3 is 5.32 Å². The number of halogens is 1. The van der Waals surface area contributed by atoms with Crippen LogP contribution >= 0.6 is 23.4 Å². The first-order valence-electron chi connectivity index (χ1n) is 9.41. The molecule has 7 heteroatoms. The molecule has 1 aliphatic heterocycles. The van der Waals surface area contributed by atoms with Gasteiger partial charge in [0.25, 0.3) is 5.91 Å². The zero-order valence-electron chi connectivity index (χ0n) is 15.9. The summed E-state index contributed by atoms with van der Waals surface area (Å²) in [4.78, 5) is 27.0.